The van der Waals surface area contributed by atoms with Crippen molar-refractivity contribution in [3.63, 3.8) is 0 Å². The van der Waals surface area contributed by atoms with Crippen molar-refractivity contribution in [1.29, 1.82) is 0 Å². The zero-order chi connectivity index (χ0) is 18.4. The minimum Gasteiger partial charge on any atom is -1.00 e. The number of hydrogen-bond donors (Lipinski definition) is 2. The Kier molecular flexibility index (Phi) is 6.89. The second-order valence-corrected chi connectivity index (χ2v) is 9.01. The number of hydrogen-bond acceptors (Lipinski definition) is 4. The third-order valence-corrected chi connectivity index (χ3v) is 5.88. The number of rotatable bonds is 4. The van der Waals surface area contributed by atoms with Gasteiger partial charge in [-0.15, -0.1) is 0 Å². The first-order chi connectivity index (χ1) is 10.9. The third kappa shape index (κ3) is 4.27. The summed E-state index contributed by atoms with van der Waals surface area (Å²) in [6, 6.07) is 6.35. The quantitative estimate of drug-likeness (QED) is 0.582. The molecule has 0 saturated carbocycles. The van der Waals surface area contributed by atoms with Crippen LogP contribution in [0.1, 0.15) is 52.1 Å². The van der Waals surface area contributed by atoms with Gasteiger partial charge >= 0.3 is 29.6 Å². The van der Waals surface area contributed by atoms with E-state index in [4.69, 9.17) is 0 Å². The van der Waals surface area contributed by atoms with Crippen LogP contribution < -0.4 is 29.6 Å². The van der Waals surface area contributed by atoms with Crippen LogP contribution in [0.5, 0.6) is 0 Å². The molecule has 2 N–H and O–H groups in total. The molecule has 0 radical (unpaired) electrons. The number of benzene rings is 2. The van der Waals surface area contributed by atoms with Gasteiger partial charge in [-0.05, 0) is 28.3 Å². The molecule has 0 aromatic heterocycles. The molecule has 0 aliphatic carbocycles. The summed E-state index contributed by atoms with van der Waals surface area (Å²) in [5.41, 5.74) is 0.847. The molecule has 0 saturated heterocycles. The van der Waals surface area contributed by atoms with E-state index < -0.39 is 30.0 Å². The molecule has 9 heteroatoms. The van der Waals surface area contributed by atoms with Gasteiger partial charge in [-0.25, -0.2) is 0 Å². The van der Waals surface area contributed by atoms with Crippen molar-refractivity contribution < 1.29 is 56.9 Å². The smallest absolute Gasteiger partial charge is 1.00 e. The summed E-state index contributed by atoms with van der Waals surface area (Å²) < 4.78 is 67.3. The van der Waals surface area contributed by atoms with Crippen LogP contribution in [-0.2, 0) is 20.2 Å². The summed E-state index contributed by atoms with van der Waals surface area (Å²) in [5, 5.41) is 0.608. The van der Waals surface area contributed by atoms with Gasteiger partial charge in [0.1, 0.15) is 9.79 Å². The standard InChI is InChI=1S/C16H20O6S2.Na.H/c1-9(2)13-11-7-5-6-8-12(11)15(23(17,18)19)16(24(20,21)22)14(13)10(3)4;;/h5-10H,1-4H3,(H,17,18,19)(H,20,21,22);;/q;+1;-1. The van der Waals surface area contributed by atoms with E-state index in [0.717, 1.165) is 0 Å². The molecule has 0 aliphatic rings. The molecule has 134 valence electrons. The molecule has 0 fully saturated rings. The van der Waals surface area contributed by atoms with Crippen LogP contribution in [0.3, 0.4) is 0 Å². The van der Waals surface area contributed by atoms with Crippen molar-refractivity contribution in [3.05, 3.63) is 35.4 Å². The van der Waals surface area contributed by atoms with Crippen molar-refractivity contribution in [2.45, 2.75) is 49.3 Å². The third-order valence-electron chi connectivity index (χ3n) is 3.87. The van der Waals surface area contributed by atoms with Crippen LogP contribution in [0.15, 0.2) is 34.1 Å². The maximum Gasteiger partial charge on any atom is 1.00 e. The van der Waals surface area contributed by atoms with Crippen molar-refractivity contribution in [1.82, 2.24) is 0 Å². The predicted molar refractivity (Wildman–Crippen MR) is 92.9 cm³/mol. The molecule has 0 heterocycles. The molecule has 0 spiro atoms. The summed E-state index contributed by atoms with van der Waals surface area (Å²) >= 11 is 0. The Bertz CT molecular complexity index is 1010. The summed E-state index contributed by atoms with van der Waals surface area (Å²) in [7, 11) is -9.76. The van der Waals surface area contributed by atoms with E-state index in [-0.39, 0.29) is 53.8 Å². The summed E-state index contributed by atoms with van der Waals surface area (Å²) in [5.74, 6) is -0.507. The molecule has 2 rings (SSSR count). The SMILES string of the molecule is CC(C)c1c(S(=O)(=O)O)c(S(=O)(=O)O)c2ccccc2c1C(C)C.[H-].[Na+]. The molecule has 0 atom stereocenters. The van der Waals surface area contributed by atoms with E-state index >= 15 is 0 Å². The fourth-order valence-corrected chi connectivity index (χ4v) is 5.54. The van der Waals surface area contributed by atoms with Gasteiger partial charge in [0.15, 0.2) is 0 Å². The Morgan fingerprint density at radius 3 is 1.52 bits per heavy atom. The maximum absolute atomic E-state index is 12.0. The van der Waals surface area contributed by atoms with Crippen molar-refractivity contribution in [2.75, 3.05) is 0 Å². The number of fused-ring (bicyclic) bond motifs is 1. The Morgan fingerprint density at radius 2 is 1.16 bits per heavy atom. The first-order valence-electron chi connectivity index (χ1n) is 7.40. The molecule has 2 aromatic rings. The fourth-order valence-electron chi connectivity index (χ4n) is 3.14. The topological polar surface area (TPSA) is 109 Å². The van der Waals surface area contributed by atoms with Gasteiger partial charge in [0.05, 0.1) is 0 Å². The van der Waals surface area contributed by atoms with Crippen LogP contribution in [-0.4, -0.2) is 25.9 Å². The van der Waals surface area contributed by atoms with Gasteiger partial charge in [0, 0.05) is 5.39 Å². The monoisotopic (exact) mass is 396 g/mol. The van der Waals surface area contributed by atoms with Crippen LogP contribution in [0, 0.1) is 0 Å². The van der Waals surface area contributed by atoms with Gasteiger partial charge in [0.2, 0.25) is 0 Å². The van der Waals surface area contributed by atoms with Gasteiger partial charge < -0.3 is 1.43 Å². The van der Waals surface area contributed by atoms with Gasteiger partial charge in [-0.2, -0.15) is 16.8 Å². The first-order valence-corrected chi connectivity index (χ1v) is 10.3. The first kappa shape index (κ1) is 22.6. The van der Waals surface area contributed by atoms with E-state index in [1.807, 2.05) is 13.8 Å². The van der Waals surface area contributed by atoms with Crippen LogP contribution in [0.25, 0.3) is 10.8 Å². The van der Waals surface area contributed by atoms with Crippen LogP contribution in [0.2, 0.25) is 0 Å². The fraction of sp³-hybridized carbons (Fsp3) is 0.375. The molecular weight excluding hydrogens is 375 g/mol. The van der Waals surface area contributed by atoms with E-state index in [2.05, 4.69) is 0 Å². The molecular formula is C16H21NaO6S2. The Hall–Kier alpha value is -0.480. The molecule has 2 aromatic carbocycles. The average molecular weight is 396 g/mol. The Morgan fingerprint density at radius 1 is 0.760 bits per heavy atom. The molecule has 0 amide bonds. The molecule has 0 unspecified atom stereocenters. The predicted octanol–water partition coefficient (Wildman–Crippen LogP) is 0.697. The summed E-state index contributed by atoms with van der Waals surface area (Å²) in [6.07, 6.45) is 0. The average Bonchev–Trinajstić information content (AvgIpc) is 2.41. The maximum atomic E-state index is 12.0. The Labute approximate surface area is 171 Å². The largest absolute Gasteiger partial charge is 1.00 e. The van der Waals surface area contributed by atoms with Crippen LogP contribution in [0.4, 0.5) is 0 Å². The Balaban J connectivity index is 0.00000312. The van der Waals surface area contributed by atoms with Crippen molar-refractivity contribution >= 4 is 31.0 Å². The molecule has 0 aliphatic heterocycles. The summed E-state index contributed by atoms with van der Waals surface area (Å²) in [6.45, 7) is 7.12. The zero-order valence-electron chi connectivity index (χ0n) is 15.8. The van der Waals surface area contributed by atoms with Crippen molar-refractivity contribution in [3.8, 4) is 0 Å². The minimum absolute atomic E-state index is 0. The van der Waals surface area contributed by atoms with Gasteiger partial charge in [-0.3, -0.25) is 9.11 Å². The second kappa shape index (κ2) is 7.64. The van der Waals surface area contributed by atoms with Crippen LogP contribution >= 0.6 is 0 Å². The van der Waals surface area contributed by atoms with E-state index in [9.17, 15) is 25.9 Å². The summed E-state index contributed by atoms with van der Waals surface area (Å²) in [4.78, 5) is -1.50. The van der Waals surface area contributed by atoms with E-state index in [1.165, 1.54) is 6.07 Å². The molecule has 25 heavy (non-hydrogen) atoms. The second-order valence-electron chi connectivity index (χ2n) is 6.29. The molecule has 6 nitrogen and oxygen atoms in total. The zero-order valence-corrected chi connectivity index (χ0v) is 18.4. The van der Waals surface area contributed by atoms with E-state index in [0.29, 0.717) is 10.9 Å². The molecule has 0 bridgehead atoms. The van der Waals surface area contributed by atoms with Gasteiger partial charge in [-0.1, -0.05) is 52.0 Å². The van der Waals surface area contributed by atoms with Crippen molar-refractivity contribution in [2.24, 2.45) is 0 Å². The normalized spacial score (nSPS) is 12.6. The van der Waals surface area contributed by atoms with Gasteiger partial charge in [0.25, 0.3) is 20.2 Å². The minimum atomic E-state index is -4.88. The van der Waals surface area contributed by atoms with E-state index in [1.54, 1.807) is 32.0 Å².